The lowest BCUT2D eigenvalue weighted by Gasteiger charge is -1.96. The zero-order valence-electron chi connectivity index (χ0n) is 6.53. The van der Waals surface area contributed by atoms with Gasteiger partial charge in [-0.2, -0.15) is 0 Å². The third kappa shape index (κ3) is 1.10. The number of aromatic amines is 1. The summed E-state index contributed by atoms with van der Waals surface area (Å²) in [5.74, 6) is -0.796. The van der Waals surface area contributed by atoms with Crippen LogP contribution in [0.15, 0.2) is 32.2 Å². The summed E-state index contributed by atoms with van der Waals surface area (Å²) >= 11 is 0. The van der Waals surface area contributed by atoms with Gasteiger partial charge in [-0.15, -0.1) is 0 Å². The molecule has 66 valence electrons. The van der Waals surface area contributed by atoms with Crippen LogP contribution in [0.25, 0.3) is 11.0 Å². The number of para-hydroxylation sites is 1. The predicted molar refractivity (Wildman–Crippen MR) is 47.5 cm³/mol. The largest absolute Gasteiger partial charge is 0.419 e. The van der Waals surface area contributed by atoms with Crippen LogP contribution < -0.4 is 17.0 Å². The quantitative estimate of drug-likeness (QED) is 0.558. The molecule has 0 aliphatic carbocycles. The van der Waals surface area contributed by atoms with Crippen molar-refractivity contribution in [2.45, 2.75) is 0 Å². The molecule has 0 atom stereocenters. The maximum absolute atomic E-state index is 11.2. The zero-order valence-corrected chi connectivity index (χ0v) is 6.53. The van der Waals surface area contributed by atoms with Gasteiger partial charge in [0.2, 0.25) is 0 Å². The lowest BCUT2D eigenvalue weighted by atomic mass is 10.2. The summed E-state index contributed by atoms with van der Waals surface area (Å²) < 4.78 is 4.74. The zero-order chi connectivity index (χ0) is 9.42. The highest BCUT2D eigenvalue weighted by molar-refractivity contribution is 5.86. The van der Waals surface area contributed by atoms with Crippen molar-refractivity contribution in [3.8, 4) is 0 Å². The van der Waals surface area contributed by atoms with Gasteiger partial charge in [-0.05, 0) is 12.1 Å². The molecule has 0 saturated heterocycles. The number of aromatic nitrogens is 1. The van der Waals surface area contributed by atoms with Crippen molar-refractivity contribution in [2.24, 2.45) is 0 Å². The fraction of sp³-hybridized carbons (Fsp3) is 0. The van der Waals surface area contributed by atoms with E-state index in [1.54, 1.807) is 12.1 Å². The number of H-pyrrole nitrogens is 1. The van der Waals surface area contributed by atoms with Gasteiger partial charge in [-0.3, -0.25) is 9.78 Å². The molecule has 2 aromatic rings. The number of nitrogen functional groups attached to an aromatic ring is 1. The van der Waals surface area contributed by atoms with Crippen LogP contribution in [0.5, 0.6) is 0 Å². The summed E-state index contributed by atoms with van der Waals surface area (Å²) in [6, 6.07) is 4.71. The second-order valence-electron chi connectivity index (χ2n) is 2.57. The van der Waals surface area contributed by atoms with Gasteiger partial charge in [0.15, 0.2) is 5.58 Å². The van der Waals surface area contributed by atoms with E-state index < -0.39 is 11.3 Å². The molecule has 0 amide bonds. The van der Waals surface area contributed by atoms with E-state index in [1.165, 1.54) is 6.07 Å². The Morgan fingerprint density at radius 3 is 2.85 bits per heavy atom. The predicted octanol–water partition coefficient (Wildman–Crippen LogP) is 0.0635. The highest BCUT2D eigenvalue weighted by Crippen LogP contribution is 2.14. The molecule has 0 radical (unpaired) electrons. The molecule has 1 aromatic carbocycles. The highest BCUT2D eigenvalue weighted by Gasteiger charge is 2.04. The molecule has 2 rings (SSSR count). The van der Waals surface area contributed by atoms with Gasteiger partial charge in [-0.1, -0.05) is 6.07 Å². The van der Waals surface area contributed by atoms with Gasteiger partial charge in [0, 0.05) is 0 Å². The van der Waals surface area contributed by atoms with Crippen LogP contribution in [-0.2, 0) is 0 Å². The maximum atomic E-state index is 11.2. The summed E-state index contributed by atoms with van der Waals surface area (Å²) in [6.45, 7) is 0. The minimum absolute atomic E-state index is 0.135. The van der Waals surface area contributed by atoms with Gasteiger partial charge in [0.05, 0.1) is 11.1 Å². The molecule has 0 spiro atoms. The van der Waals surface area contributed by atoms with Gasteiger partial charge in [0.1, 0.15) is 0 Å². The molecule has 13 heavy (non-hydrogen) atoms. The second-order valence-corrected chi connectivity index (χ2v) is 2.57. The fourth-order valence-corrected chi connectivity index (χ4v) is 1.13. The highest BCUT2D eigenvalue weighted by atomic mass is 16.4. The minimum atomic E-state index is -0.796. The van der Waals surface area contributed by atoms with Crippen molar-refractivity contribution in [2.75, 3.05) is 5.73 Å². The van der Waals surface area contributed by atoms with Crippen LogP contribution in [0, 0.1) is 0 Å². The number of nitrogens with one attached hydrogen (secondary N) is 1. The first-order valence-electron chi connectivity index (χ1n) is 3.60. The van der Waals surface area contributed by atoms with E-state index >= 15 is 0 Å². The molecule has 0 fully saturated rings. The Morgan fingerprint density at radius 2 is 2.08 bits per heavy atom. The Balaban J connectivity index is 3.12. The second kappa shape index (κ2) is 2.48. The summed E-state index contributed by atoms with van der Waals surface area (Å²) in [5, 5.41) is 0.277. The van der Waals surface area contributed by atoms with Gasteiger partial charge < -0.3 is 10.2 Å². The third-order valence-corrected chi connectivity index (χ3v) is 1.70. The molecule has 1 heterocycles. The molecular formula is C8H6N2O3. The number of nitrogens with two attached hydrogens (primary N) is 1. The Labute approximate surface area is 71.8 Å². The first kappa shape index (κ1) is 7.60. The van der Waals surface area contributed by atoms with Crippen molar-refractivity contribution < 1.29 is 4.42 Å². The Kier molecular flexibility index (Phi) is 1.45. The van der Waals surface area contributed by atoms with E-state index in [9.17, 15) is 9.59 Å². The normalized spacial score (nSPS) is 10.5. The average Bonchev–Trinajstić information content (AvgIpc) is 2.07. The summed E-state index contributed by atoms with van der Waals surface area (Å²) in [6.07, 6.45) is 0. The van der Waals surface area contributed by atoms with Crippen LogP contribution in [0.1, 0.15) is 0 Å². The van der Waals surface area contributed by atoms with E-state index in [0.717, 1.165) is 0 Å². The molecule has 0 bridgehead atoms. The van der Waals surface area contributed by atoms with Gasteiger partial charge >= 0.3 is 5.76 Å². The number of hydrogen-bond donors (Lipinski definition) is 2. The van der Waals surface area contributed by atoms with Crippen molar-refractivity contribution in [1.29, 1.82) is 0 Å². The molecule has 0 aliphatic rings. The summed E-state index contributed by atoms with van der Waals surface area (Å²) in [4.78, 5) is 24.0. The van der Waals surface area contributed by atoms with Crippen LogP contribution in [0.3, 0.4) is 0 Å². The summed E-state index contributed by atoms with van der Waals surface area (Å²) in [7, 11) is 0. The SMILES string of the molecule is Nc1cccc2c(=O)[nH]c(=O)oc12. The molecule has 0 saturated carbocycles. The Bertz CT molecular complexity index is 567. The van der Waals surface area contributed by atoms with Crippen LogP contribution in [-0.4, -0.2) is 4.98 Å². The smallest absolute Gasteiger partial charge is 0.407 e. The first-order chi connectivity index (χ1) is 6.18. The van der Waals surface area contributed by atoms with Crippen molar-refractivity contribution in [3.05, 3.63) is 39.1 Å². The van der Waals surface area contributed by atoms with E-state index in [1.807, 2.05) is 4.98 Å². The minimum Gasteiger partial charge on any atom is -0.407 e. The number of rotatable bonds is 0. The molecule has 3 N–H and O–H groups in total. The van der Waals surface area contributed by atoms with Crippen LogP contribution in [0.2, 0.25) is 0 Å². The average molecular weight is 178 g/mol. The van der Waals surface area contributed by atoms with Gasteiger partial charge in [0.25, 0.3) is 5.56 Å². The van der Waals surface area contributed by atoms with E-state index in [-0.39, 0.29) is 16.7 Å². The lowest BCUT2D eigenvalue weighted by molar-refractivity contribution is 0.529. The monoisotopic (exact) mass is 178 g/mol. The van der Waals surface area contributed by atoms with Crippen molar-refractivity contribution >= 4 is 16.7 Å². The number of benzene rings is 1. The van der Waals surface area contributed by atoms with E-state index in [2.05, 4.69) is 0 Å². The van der Waals surface area contributed by atoms with Crippen LogP contribution >= 0.6 is 0 Å². The number of hydrogen-bond acceptors (Lipinski definition) is 4. The number of fused-ring (bicyclic) bond motifs is 1. The topological polar surface area (TPSA) is 89.1 Å². The van der Waals surface area contributed by atoms with Crippen LogP contribution in [0.4, 0.5) is 5.69 Å². The Morgan fingerprint density at radius 1 is 1.31 bits per heavy atom. The molecule has 0 aliphatic heterocycles. The molecule has 5 heteroatoms. The maximum Gasteiger partial charge on any atom is 0.419 e. The van der Waals surface area contributed by atoms with Crippen molar-refractivity contribution in [1.82, 2.24) is 4.98 Å². The standard InChI is InChI=1S/C8H6N2O3/c9-5-3-1-2-4-6(5)13-8(12)10-7(4)11/h1-3H,9H2,(H,10,11,12). The Hall–Kier alpha value is -2.04. The third-order valence-electron chi connectivity index (χ3n) is 1.70. The lowest BCUT2D eigenvalue weighted by Crippen LogP contribution is -2.18. The summed E-state index contributed by atoms with van der Waals surface area (Å²) in [5.41, 5.74) is 5.43. The van der Waals surface area contributed by atoms with E-state index in [0.29, 0.717) is 0 Å². The fourth-order valence-electron chi connectivity index (χ4n) is 1.13. The number of anilines is 1. The first-order valence-corrected chi connectivity index (χ1v) is 3.60. The molecule has 5 nitrogen and oxygen atoms in total. The molecular weight excluding hydrogens is 172 g/mol. The molecule has 0 unspecified atom stereocenters. The molecule has 1 aromatic heterocycles. The van der Waals surface area contributed by atoms with Gasteiger partial charge in [-0.25, -0.2) is 4.79 Å². The van der Waals surface area contributed by atoms with Crippen molar-refractivity contribution in [3.63, 3.8) is 0 Å². The van der Waals surface area contributed by atoms with E-state index in [4.69, 9.17) is 10.2 Å².